The number of piperidine rings is 1. The van der Waals surface area contributed by atoms with Crippen LogP contribution in [0.15, 0.2) is 0 Å². The fourth-order valence-electron chi connectivity index (χ4n) is 3.29. The summed E-state index contributed by atoms with van der Waals surface area (Å²) in [7, 11) is -3.00. The van der Waals surface area contributed by atoms with Crippen LogP contribution >= 0.6 is 0 Å². The molecular formula is C15H30N2O3S. The lowest BCUT2D eigenvalue weighted by atomic mass is 9.81. The number of sulfonamides is 1. The zero-order chi connectivity index (χ0) is 15.5. The van der Waals surface area contributed by atoms with E-state index in [9.17, 15) is 8.42 Å². The van der Waals surface area contributed by atoms with Crippen molar-refractivity contribution in [2.75, 3.05) is 38.6 Å². The first-order valence-electron chi connectivity index (χ1n) is 8.14. The first-order valence-corrected chi connectivity index (χ1v) is 9.75. The lowest BCUT2D eigenvalue weighted by Crippen LogP contribution is -2.50. The molecule has 0 aromatic heterocycles. The van der Waals surface area contributed by atoms with Crippen molar-refractivity contribution in [3.63, 3.8) is 0 Å². The summed E-state index contributed by atoms with van der Waals surface area (Å²) in [4.78, 5) is 0. The third-order valence-corrected chi connectivity index (χ3v) is 6.83. The van der Waals surface area contributed by atoms with Crippen LogP contribution in [0, 0.1) is 11.3 Å². The van der Waals surface area contributed by atoms with Crippen molar-refractivity contribution in [3.8, 4) is 0 Å². The summed E-state index contributed by atoms with van der Waals surface area (Å²) < 4.78 is 30.9. The van der Waals surface area contributed by atoms with Crippen LogP contribution in [-0.4, -0.2) is 57.4 Å². The van der Waals surface area contributed by atoms with Crippen LogP contribution in [0.4, 0.5) is 0 Å². The Kier molecular flexibility index (Phi) is 5.68. The van der Waals surface area contributed by atoms with Crippen molar-refractivity contribution in [3.05, 3.63) is 0 Å². The number of nitrogens with zero attached hydrogens (tertiary/aromatic N) is 1. The minimum absolute atomic E-state index is 0.185. The highest BCUT2D eigenvalue weighted by atomic mass is 32.2. The summed E-state index contributed by atoms with van der Waals surface area (Å²) in [6, 6.07) is 0.503. The molecule has 2 aliphatic rings. The maximum atomic E-state index is 11.8. The van der Waals surface area contributed by atoms with Crippen LogP contribution in [-0.2, 0) is 14.8 Å². The van der Waals surface area contributed by atoms with Gasteiger partial charge < -0.3 is 10.1 Å². The molecule has 0 aliphatic carbocycles. The predicted molar refractivity (Wildman–Crippen MR) is 84.8 cm³/mol. The number of nitrogens with one attached hydrogen (secondary N) is 1. The molecular weight excluding hydrogens is 288 g/mol. The summed E-state index contributed by atoms with van der Waals surface area (Å²) in [6.07, 6.45) is 3.00. The standard InChI is InChI=1S/C15H30N2O3S/c1-4-21(18,19)17-8-5-13(6-9-17)11-16-14-7-10-20-12-15(14,2)3/h13-14,16H,4-12H2,1-3H3. The Bertz CT molecular complexity index is 428. The van der Waals surface area contributed by atoms with Crippen molar-refractivity contribution in [1.82, 2.24) is 9.62 Å². The summed E-state index contributed by atoms with van der Waals surface area (Å²) in [5.41, 5.74) is 0.185. The topological polar surface area (TPSA) is 58.6 Å². The lowest BCUT2D eigenvalue weighted by Gasteiger charge is -2.40. The molecule has 0 aromatic rings. The largest absolute Gasteiger partial charge is 0.381 e. The number of hydrogen-bond donors (Lipinski definition) is 1. The second-order valence-electron chi connectivity index (χ2n) is 7.03. The second kappa shape index (κ2) is 6.94. The van der Waals surface area contributed by atoms with E-state index in [1.54, 1.807) is 11.2 Å². The zero-order valence-corrected chi connectivity index (χ0v) is 14.4. The second-order valence-corrected chi connectivity index (χ2v) is 9.29. The fraction of sp³-hybridized carbons (Fsp3) is 1.00. The molecule has 1 N–H and O–H groups in total. The highest BCUT2D eigenvalue weighted by molar-refractivity contribution is 7.89. The molecule has 1 unspecified atom stereocenters. The molecule has 0 spiro atoms. The molecule has 124 valence electrons. The Hall–Kier alpha value is -0.170. The molecule has 1 atom stereocenters. The van der Waals surface area contributed by atoms with E-state index in [0.29, 0.717) is 25.0 Å². The molecule has 0 radical (unpaired) electrons. The van der Waals surface area contributed by atoms with Crippen molar-refractivity contribution >= 4 is 10.0 Å². The van der Waals surface area contributed by atoms with Crippen LogP contribution in [0.5, 0.6) is 0 Å². The Morgan fingerprint density at radius 3 is 2.48 bits per heavy atom. The third kappa shape index (κ3) is 4.41. The molecule has 0 amide bonds. The Morgan fingerprint density at radius 1 is 1.24 bits per heavy atom. The van der Waals surface area contributed by atoms with Gasteiger partial charge in [0.1, 0.15) is 0 Å². The van der Waals surface area contributed by atoms with Gasteiger partial charge in [-0.1, -0.05) is 13.8 Å². The van der Waals surface area contributed by atoms with Crippen LogP contribution in [0.3, 0.4) is 0 Å². The highest BCUT2D eigenvalue weighted by Crippen LogP contribution is 2.28. The molecule has 0 saturated carbocycles. The van der Waals surface area contributed by atoms with Gasteiger partial charge in [0.05, 0.1) is 12.4 Å². The molecule has 21 heavy (non-hydrogen) atoms. The molecule has 2 fully saturated rings. The van der Waals surface area contributed by atoms with E-state index in [2.05, 4.69) is 19.2 Å². The summed E-state index contributed by atoms with van der Waals surface area (Å²) in [5.74, 6) is 0.804. The summed E-state index contributed by atoms with van der Waals surface area (Å²) in [6.45, 7) is 10.2. The van der Waals surface area contributed by atoms with Gasteiger partial charge >= 0.3 is 0 Å². The molecule has 0 bridgehead atoms. The van der Waals surface area contributed by atoms with Gasteiger partial charge in [-0.3, -0.25) is 0 Å². The van der Waals surface area contributed by atoms with E-state index in [0.717, 1.165) is 39.0 Å². The van der Waals surface area contributed by atoms with Gasteiger partial charge in [-0.05, 0) is 38.6 Å². The quantitative estimate of drug-likeness (QED) is 0.833. The van der Waals surface area contributed by atoms with Crippen molar-refractivity contribution in [1.29, 1.82) is 0 Å². The minimum atomic E-state index is -3.00. The average molecular weight is 318 g/mol. The molecule has 6 heteroatoms. The Labute approximate surface area is 129 Å². The molecule has 2 saturated heterocycles. The van der Waals surface area contributed by atoms with E-state index in [4.69, 9.17) is 4.74 Å². The van der Waals surface area contributed by atoms with E-state index >= 15 is 0 Å². The lowest BCUT2D eigenvalue weighted by molar-refractivity contribution is -0.0144. The maximum absolute atomic E-state index is 11.8. The number of hydrogen-bond acceptors (Lipinski definition) is 4. The first-order chi connectivity index (χ1) is 9.85. The van der Waals surface area contributed by atoms with Gasteiger partial charge in [-0.25, -0.2) is 12.7 Å². The smallest absolute Gasteiger partial charge is 0.213 e. The van der Waals surface area contributed by atoms with Crippen LogP contribution < -0.4 is 5.32 Å². The predicted octanol–water partition coefficient (Wildman–Crippen LogP) is 1.45. The molecule has 0 aromatic carbocycles. The molecule has 2 aliphatic heterocycles. The average Bonchev–Trinajstić information content (AvgIpc) is 2.46. The monoisotopic (exact) mass is 318 g/mol. The number of ether oxygens (including phenoxy) is 1. The van der Waals surface area contributed by atoms with Crippen molar-refractivity contribution in [2.24, 2.45) is 11.3 Å². The van der Waals surface area contributed by atoms with Crippen LogP contribution in [0.25, 0.3) is 0 Å². The van der Waals surface area contributed by atoms with Crippen molar-refractivity contribution in [2.45, 2.75) is 46.1 Å². The minimum Gasteiger partial charge on any atom is -0.381 e. The van der Waals surface area contributed by atoms with Gasteiger partial charge in [-0.2, -0.15) is 0 Å². The first kappa shape index (κ1) is 17.2. The number of rotatable bonds is 5. The van der Waals surface area contributed by atoms with E-state index < -0.39 is 10.0 Å². The van der Waals surface area contributed by atoms with Gasteiger partial charge in [0, 0.05) is 31.2 Å². The van der Waals surface area contributed by atoms with Gasteiger partial charge in [-0.15, -0.1) is 0 Å². The van der Waals surface area contributed by atoms with Gasteiger partial charge in [0.2, 0.25) is 10.0 Å². The normalized spacial score (nSPS) is 28.6. The van der Waals surface area contributed by atoms with E-state index in [1.807, 2.05) is 0 Å². The highest BCUT2D eigenvalue weighted by Gasteiger charge is 2.33. The maximum Gasteiger partial charge on any atom is 0.213 e. The van der Waals surface area contributed by atoms with Crippen LogP contribution in [0.2, 0.25) is 0 Å². The van der Waals surface area contributed by atoms with E-state index in [1.165, 1.54) is 0 Å². The van der Waals surface area contributed by atoms with Gasteiger partial charge in [0.15, 0.2) is 0 Å². The van der Waals surface area contributed by atoms with Crippen LogP contribution in [0.1, 0.15) is 40.0 Å². The molecule has 2 heterocycles. The Morgan fingerprint density at radius 2 is 1.90 bits per heavy atom. The Balaban J connectivity index is 1.76. The summed E-state index contributed by atoms with van der Waals surface area (Å²) in [5, 5.41) is 3.70. The van der Waals surface area contributed by atoms with Crippen molar-refractivity contribution < 1.29 is 13.2 Å². The SMILES string of the molecule is CCS(=O)(=O)N1CCC(CNC2CCOCC2(C)C)CC1. The van der Waals surface area contributed by atoms with Gasteiger partial charge in [0.25, 0.3) is 0 Å². The third-order valence-electron chi connectivity index (χ3n) is 4.95. The molecule has 2 rings (SSSR count). The zero-order valence-electron chi connectivity index (χ0n) is 13.6. The fourth-order valence-corrected chi connectivity index (χ4v) is 4.42. The van der Waals surface area contributed by atoms with E-state index in [-0.39, 0.29) is 11.2 Å². The molecule has 5 nitrogen and oxygen atoms in total. The summed E-state index contributed by atoms with van der Waals surface area (Å²) >= 11 is 0.